The molecule has 0 radical (unpaired) electrons. The van der Waals surface area contributed by atoms with Crippen LogP contribution in [-0.2, 0) is 42.7 Å². The molecule has 3 heterocycles. The molecule has 77 heavy (non-hydrogen) atoms. The SMILES string of the molecule is CCCCCCCCCCCCCCCC(=O)NCC1OC(OC2C(C)C(N)CC(N)C2OC2OC(CN)C(OC(=O)Nc3ccccc3)C(OC(=O)Nc3ccccc3)C2N)C(C)C1OC1OC(CN)C(C)C(C)C1N. The number of nitrogens with one attached hydrogen (secondary N) is 3. The molecule has 3 aliphatic heterocycles. The monoisotopic (exact) mass is 1080 g/mol. The van der Waals surface area contributed by atoms with Crippen molar-refractivity contribution in [2.24, 2.45) is 58.1 Å². The minimum absolute atomic E-state index is 0.0400. The maximum atomic E-state index is 13.6. The molecule has 20 nitrogen and oxygen atoms in total. The molecule has 3 amide bonds. The van der Waals surface area contributed by atoms with Gasteiger partial charge in [0.2, 0.25) is 5.91 Å². The number of rotatable bonds is 28. The molecule has 19 unspecified atom stereocenters. The van der Waals surface area contributed by atoms with Crippen LogP contribution in [0, 0.1) is 23.7 Å². The number of amides is 3. The van der Waals surface area contributed by atoms with Crippen molar-refractivity contribution in [3.8, 4) is 0 Å². The zero-order chi connectivity index (χ0) is 55.4. The molecule has 0 bridgehead atoms. The number of para-hydroxylation sites is 2. The van der Waals surface area contributed by atoms with Crippen molar-refractivity contribution in [3.63, 3.8) is 0 Å². The van der Waals surface area contributed by atoms with E-state index in [9.17, 15) is 14.4 Å². The van der Waals surface area contributed by atoms with Crippen LogP contribution in [0.25, 0.3) is 0 Å². The van der Waals surface area contributed by atoms with E-state index in [1.807, 2.05) is 19.9 Å². The first kappa shape index (κ1) is 62.2. The second-order valence-corrected chi connectivity index (χ2v) is 22.1. The summed E-state index contributed by atoms with van der Waals surface area (Å²) in [6, 6.07) is 14.6. The molecule has 3 saturated heterocycles. The standard InChI is InChI=1S/C57H95N9O11/c1-6-7-8-9-10-11-12-13-14-15-16-17-24-29-45(67)64-33-44-48(73-54-46(62)35(3)34(2)42(31-58)70-54)37(5)53(72-44)74-49-36(4)40(60)30-41(61)50(49)75-55-47(63)52(77-57(69)66-39-27-22-19-23-28-39)51(43(32-59)71-55)76-56(68)65-38-25-20-18-21-26-38/h18-23,25-28,34-37,40-44,46-55H,6-17,24,29-33,58-63H2,1-5H3,(H,64,67)(H,65,68)(H,66,69). The van der Waals surface area contributed by atoms with Crippen LogP contribution in [0.4, 0.5) is 21.0 Å². The Morgan fingerprint density at radius 3 is 1.55 bits per heavy atom. The van der Waals surface area contributed by atoms with Gasteiger partial charge in [0.25, 0.3) is 0 Å². The lowest BCUT2D eigenvalue weighted by Crippen LogP contribution is -2.68. The molecule has 20 heteroatoms. The Bertz CT molecular complexity index is 2030. The van der Waals surface area contributed by atoms with Gasteiger partial charge in [-0.25, -0.2) is 9.59 Å². The van der Waals surface area contributed by atoms with E-state index in [-0.39, 0.29) is 42.9 Å². The Kier molecular flexibility index (Phi) is 25.6. The summed E-state index contributed by atoms with van der Waals surface area (Å²) < 4.78 is 52.1. The molecule has 0 aromatic heterocycles. The molecule has 15 N–H and O–H groups in total. The Hall–Kier alpha value is -4.03. The fourth-order valence-electron chi connectivity index (χ4n) is 11.1. The van der Waals surface area contributed by atoms with E-state index >= 15 is 0 Å². The molecule has 2 aromatic carbocycles. The third kappa shape index (κ3) is 18.0. The smallest absolute Gasteiger partial charge is 0.412 e. The van der Waals surface area contributed by atoms with Gasteiger partial charge in [-0.05, 0) is 48.9 Å². The Labute approximate surface area is 457 Å². The first-order valence-corrected chi connectivity index (χ1v) is 28.8. The first-order valence-electron chi connectivity index (χ1n) is 28.8. The molecule has 434 valence electrons. The lowest BCUT2D eigenvalue weighted by molar-refractivity contribution is -0.299. The van der Waals surface area contributed by atoms with Crippen LogP contribution in [0.1, 0.15) is 131 Å². The van der Waals surface area contributed by atoms with Gasteiger partial charge in [0.15, 0.2) is 31.1 Å². The van der Waals surface area contributed by atoms with Crippen LogP contribution in [-0.4, -0.2) is 130 Å². The number of nitrogens with two attached hydrogens (primary N) is 6. The highest BCUT2D eigenvalue weighted by Crippen LogP contribution is 2.40. The minimum atomic E-state index is -1.33. The van der Waals surface area contributed by atoms with E-state index < -0.39 is 104 Å². The molecule has 1 aliphatic carbocycles. The summed E-state index contributed by atoms with van der Waals surface area (Å²) in [7, 11) is 0. The Morgan fingerprint density at radius 1 is 0.506 bits per heavy atom. The van der Waals surface area contributed by atoms with Gasteiger partial charge < -0.3 is 77.6 Å². The summed E-state index contributed by atoms with van der Waals surface area (Å²) in [5.41, 5.74) is 40.9. The number of carbonyl (C=O) groups excluding carboxylic acids is 3. The molecule has 19 atom stereocenters. The number of anilines is 2. The molecular weight excluding hydrogens is 987 g/mol. The molecule has 2 aromatic rings. The second-order valence-electron chi connectivity index (χ2n) is 22.1. The van der Waals surface area contributed by atoms with E-state index in [0.717, 1.165) is 19.3 Å². The number of carbonyl (C=O) groups is 3. The fraction of sp³-hybridized carbons (Fsp3) is 0.737. The molecule has 1 saturated carbocycles. The molecule has 6 rings (SSSR count). The highest BCUT2D eigenvalue weighted by atomic mass is 16.7. The van der Waals surface area contributed by atoms with Gasteiger partial charge in [-0.15, -0.1) is 0 Å². The largest absolute Gasteiger partial charge is 0.440 e. The fourth-order valence-corrected chi connectivity index (χ4v) is 11.1. The van der Waals surface area contributed by atoms with Crippen molar-refractivity contribution in [2.45, 2.75) is 223 Å². The van der Waals surface area contributed by atoms with E-state index in [0.29, 0.717) is 30.8 Å². The van der Waals surface area contributed by atoms with E-state index in [1.54, 1.807) is 54.6 Å². The zero-order valence-electron chi connectivity index (χ0n) is 46.4. The summed E-state index contributed by atoms with van der Waals surface area (Å²) in [6.45, 7) is 10.6. The third-order valence-corrected chi connectivity index (χ3v) is 16.3. The average Bonchev–Trinajstić information content (AvgIpc) is 3.71. The summed E-state index contributed by atoms with van der Waals surface area (Å²) in [6.07, 6.45) is 4.95. The van der Waals surface area contributed by atoms with Crippen molar-refractivity contribution < 1.29 is 52.3 Å². The lowest BCUT2D eigenvalue weighted by Gasteiger charge is -2.48. The van der Waals surface area contributed by atoms with Gasteiger partial charge in [0.1, 0.15) is 18.3 Å². The normalized spacial score (nSPS) is 34.2. The molecule has 4 aliphatic rings. The van der Waals surface area contributed by atoms with E-state index in [4.69, 9.17) is 72.3 Å². The quantitative estimate of drug-likeness (QED) is 0.0421. The summed E-state index contributed by atoms with van der Waals surface area (Å²) >= 11 is 0. The van der Waals surface area contributed by atoms with E-state index in [2.05, 4.69) is 36.7 Å². The van der Waals surface area contributed by atoms with Gasteiger partial charge >= 0.3 is 12.2 Å². The Morgan fingerprint density at radius 2 is 0.987 bits per heavy atom. The number of hydrogen-bond acceptors (Lipinski definition) is 17. The summed E-state index contributed by atoms with van der Waals surface area (Å²) in [5.74, 6) is -0.702. The average molecular weight is 1080 g/mol. The third-order valence-electron chi connectivity index (χ3n) is 16.3. The number of benzene rings is 2. The Balaban J connectivity index is 1.14. The van der Waals surface area contributed by atoms with Crippen LogP contribution in [0.2, 0.25) is 0 Å². The topological polar surface area (TPSA) is 317 Å². The molecular formula is C57H95N9O11. The maximum Gasteiger partial charge on any atom is 0.412 e. The summed E-state index contributed by atoms with van der Waals surface area (Å²) in [5, 5.41) is 8.50. The van der Waals surface area contributed by atoms with E-state index in [1.165, 1.54) is 64.2 Å². The highest BCUT2D eigenvalue weighted by molar-refractivity contribution is 5.85. The highest BCUT2D eigenvalue weighted by Gasteiger charge is 2.54. The maximum absolute atomic E-state index is 13.6. The molecule has 0 spiro atoms. The zero-order valence-corrected chi connectivity index (χ0v) is 46.4. The van der Waals surface area contributed by atoms with Crippen molar-refractivity contribution in [1.82, 2.24) is 5.32 Å². The van der Waals surface area contributed by atoms with Gasteiger partial charge in [0.05, 0.1) is 30.4 Å². The van der Waals surface area contributed by atoms with Crippen LogP contribution < -0.4 is 50.4 Å². The van der Waals surface area contributed by atoms with Crippen molar-refractivity contribution >= 4 is 29.5 Å². The first-order chi connectivity index (χ1) is 37.1. The molecule has 4 fully saturated rings. The van der Waals surface area contributed by atoms with Crippen LogP contribution in [0.5, 0.6) is 0 Å². The van der Waals surface area contributed by atoms with Crippen LogP contribution >= 0.6 is 0 Å². The van der Waals surface area contributed by atoms with Gasteiger partial charge in [-0.2, -0.15) is 0 Å². The minimum Gasteiger partial charge on any atom is -0.440 e. The van der Waals surface area contributed by atoms with Crippen LogP contribution in [0.15, 0.2) is 60.7 Å². The second kappa shape index (κ2) is 31.7. The number of ether oxygens (including phenoxy) is 8. The van der Waals surface area contributed by atoms with Crippen molar-refractivity contribution in [2.75, 3.05) is 30.3 Å². The number of unbranched alkanes of at least 4 members (excludes halogenated alkanes) is 12. The lowest BCUT2D eigenvalue weighted by atomic mass is 9.79. The van der Waals surface area contributed by atoms with Crippen molar-refractivity contribution in [3.05, 3.63) is 60.7 Å². The predicted molar refractivity (Wildman–Crippen MR) is 296 cm³/mol. The summed E-state index contributed by atoms with van der Waals surface area (Å²) in [4.78, 5) is 40.3. The predicted octanol–water partition coefficient (Wildman–Crippen LogP) is 6.32. The van der Waals surface area contributed by atoms with Gasteiger partial charge in [-0.1, -0.05) is 148 Å². The van der Waals surface area contributed by atoms with Crippen molar-refractivity contribution in [1.29, 1.82) is 0 Å². The van der Waals surface area contributed by atoms with Gasteiger partial charge in [0, 0.05) is 61.3 Å². The van der Waals surface area contributed by atoms with Crippen LogP contribution in [0.3, 0.4) is 0 Å². The number of hydrogen-bond donors (Lipinski definition) is 9. The van der Waals surface area contributed by atoms with Gasteiger partial charge in [-0.3, -0.25) is 15.4 Å².